The van der Waals surface area contributed by atoms with Crippen LogP contribution in [0.25, 0.3) is 10.8 Å². The summed E-state index contributed by atoms with van der Waals surface area (Å²) in [5.41, 5.74) is -2.91. The number of Topliss-reactive ketones (excluding diaryl/α,β-unsaturated/α-hetero) is 1. The molecule has 16 heteroatoms. The second-order valence-electron chi connectivity index (χ2n) is 10.3. The molecule has 0 radical (unpaired) electrons. The van der Waals surface area contributed by atoms with Crippen LogP contribution in [0.1, 0.15) is 27.2 Å². The number of hydrogen-bond acceptors (Lipinski definition) is 10. The van der Waals surface area contributed by atoms with Gasteiger partial charge in [0.05, 0.1) is 19.1 Å². The van der Waals surface area contributed by atoms with Gasteiger partial charge in [0, 0.05) is 6.20 Å². The molecule has 43 heavy (non-hydrogen) atoms. The van der Waals surface area contributed by atoms with Crippen LogP contribution >= 0.6 is 18.2 Å². The van der Waals surface area contributed by atoms with Crippen LogP contribution in [0.4, 0.5) is 8.78 Å². The van der Waals surface area contributed by atoms with Crippen LogP contribution in [-0.2, 0) is 40.2 Å². The Labute approximate surface area is 255 Å². The van der Waals surface area contributed by atoms with Gasteiger partial charge in [-0.1, -0.05) is 41.9 Å². The molecule has 3 N–H and O–H groups in total. The van der Waals surface area contributed by atoms with Gasteiger partial charge in [0.2, 0.25) is 5.91 Å². The number of ketones is 1. The number of ether oxygens (including phenoxy) is 2. The highest BCUT2D eigenvalue weighted by Crippen LogP contribution is 2.49. The summed E-state index contributed by atoms with van der Waals surface area (Å²) in [4.78, 5) is 37.5. The molecule has 0 bridgehead atoms. The molecule has 0 saturated carbocycles. The molecular weight excluding hydrogens is 633 g/mol. The van der Waals surface area contributed by atoms with E-state index < -0.39 is 79.9 Å². The van der Waals surface area contributed by atoms with E-state index in [-0.39, 0.29) is 10.8 Å². The normalized spacial score (nSPS) is 26.5. The zero-order valence-corrected chi connectivity index (χ0v) is 25.7. The van der Waals surface area contributed by atoms with Crippen molar-refractivity contribution < 1.29 is 51.9 Å². The summed E-state index contributed by atoms with van der Waals surface area (Å²) in [5.74, 6) is -2.12. The van der Waals surface area contributed by atoms with Crippen molar-refractivity contribution >= 4 is 58.5 Å². The Kier molecular flexibility index (Phi) is 10.2. The van der Waals surface area contributed by atoms with E-state index in [4.69, 9.17) is 41.9 Å². The largest absolute Gasteiger partial charge is 0.462 e. The Morgan fingerprint density at radius 1 is 1.21 bits per heavy atom. The quantitative estimate of drug-likeness (QED) is 0.185. The number of fused-ring (bicyclic) bond motifs is 1. The van der Waals surface area contributed by atoms with E-state index in [0.29, 0.717) is 4.90 Å². The van der Waals surface area contributed by atoms with Crippen LogP contribution in [-0.4, -0.2) is 82.0 Å². The number of carbonyl (C=O) groups excluding carboxylic acids is 3. The van der Waals surface area contributed by atoms with E-state index in [9.17, 15) is 33.4 Å². The molecule has 6 atom stereocenters. The second kappa shape index (κ2) is 13.2. The number of nitrogens with one attached hydrogen (secondary N) is 1. The molecule has 4 rings (SSSR count). The molecule has 2 heterocycles. The van der Waals surface area contributed by atoms with Gasteiger partial charge in [0.1, 0.15) is 29.0 Å². The molecule has 0 aliphatic carbocycles. The number of hydrogen-bond donors (Lipinski definition) is 3. The number of amides is 1. The van der Waals surface area contributed by atoms with E-state index in [2.05, 4.69) is 5.09 Å². The number of allylic oxidation sites excluding steroid dienone is 1. The first kappa shape index (κ1) is 33.3. The van der Waals surface area contributed by atoms with Crippen LogP contribution in [0, 0.1) is 0 Å². The molecule has 1 unspecified atom stereocenters. The van der Waals surface area contributed by atoms with Gasteiger partial charge in [-0.05, 0) is 55.5 Å². The van der Waals surface area contributed by atoms with Crippen LogP contribution < -0.4 is 9.61 Å². The lowest BCUT2D eigenvalue weighted by Crippen LogP contribution is -2.53. The minimum absolute atomic E-state index is 0.194. The van der Waals surface area contributed by atoms with Gasteiger partial charge in [-0.3, -0.25) is 19.3 Å². The number of aliphatic hydroxyl groups excluding tert-OH is 2. The fourth-order valence-electron chi connectivity index (χ4n) is 4.45. The van der Waals surface area contributed by atoms with Crippen molar-refractivity contribution in [3.05, 3.63) is 53.7 Å². The summed E-state index contributed by atoms with van der Waals surface area (Å²) in [6, 6.07) is 11.2. The molecule has 0 spiro atoms. The van der Waals surface area contributed by atoms with Crippen LogP contribution in [0.3, 0.4) is 0 Å². The van der Waals surface area contributed by atoms with Crippen LogP contribution in [0.5, 0.6) is 5.75 Å². The van der Waals surface area contributed by atoms with Gasteiger partial charge in [-0.15, -0.1) is 0 Å². The summed E-state index contributed by atoms with van der Waals surface area (Å²) >= 11 is 11.5. The Morgan fingerprint density at radius 3 is 2.53 bits per heavy atom. The number of carbonyl (C=O) groups is 3. The molecule has 2 aliphatic heterocycles. The third-order valence-corrected chi connectivity index (χ3v) is 9.47. The van der Waals surface area contributed by atoms with E-state index >= 15 is 0 Å². The lowest BCUT2D eigenvalue weighted by Gasteiger charge is -2.35. The minimum atomic E-state index is -3.92. The molecule has 1 amide bonds. The number of rotatable bonds is 11. The highest BCUT2D eigenvalue weighted by molar-refractivity contribution is 8.09. The lowest BCUT2D eigenvalue weighted by atomic mass is 9.96. The maximum atomic E-state index is 14.7. The first-order valence-corrected chi connectivity index (χ1v) is 16.1. The number of benzene rings is 2. The molecule has 1 fully saturated rings. The minimum Gasteiger partial charge on any atom is -0.462 e. The first-order chi connectivity index (χ1) is 20.2. The van der Waals surface area contributed by atoms with Gasteiger partial charge in [-0.25, -0.2) is 13.9 Å². The van der Waals surface area contributed by atoms with Crippen molar-refractivity contribution in [3.8, 4) is 5.75 Å². The Bertz CT molecular complexity index is 1480. The number of aliphatic hydroxyl groups is 2. The number of esters is 1. The predicted octanol–water partition coefficient (Wildman–Crippen LogP) is 3.35. The third kappa shape index (κ3) is 7.23. The Hall–Kier alpha value is -2.55. The second-order valence-corrected chi connectivity index (χ2v) is 13.8. The average Bonchev–Trinajstić information content (AvgIpc) is 3.19. The zero-order chi connectivity index (χ0) is 31.7. The summed E-state index contributed by atoms with van der Waals surface area (Å²) in [6.07, 6.45) is -9.97. The smallest absolute Gasteiger partial charge is 0.323 e. The SMILES string of the molecule is CC(C)OC(=O)[C@H](C)NP(=S)(OC[C@@]1(C(F)F)O[C@@H](N2C=C(Cl)C(=O)CC2=O)[C@@H](O)[C@@H]1O)Oc1ccc2ccccc2c1. The standard InChI is InChI=1S/C27H30ClF2N2O9PS/c1-14(2)39-25(37)15(3)31-42(43,41-18-9-8-16-6-4-5-7-17(16)10-18)38-13-27(26(29)30)23(36)22(35)24(40-27)32-12-19(28)20(33)11-21(32)34/h4-10,12,14-15,22-24,26,35-36H,11,13H2,1-3H3,(H,31,43)/t15-,22-,23-,24+,27+,42?/m0/s1. The van der Waals surface area contributed by atoms with E-state index in [1.54, 1.807) is 38.1 Å². The number of halogens is 3. The molecule has 2 aromatic rings. The fraction of sp³-hybridized carbons (Fsp3) is 0.444. The van der Waals surface area contributed by atoms with E-state index in [1.165, 1.54) is 6.92 Å². The fourth-order valence-corrected chi connectivity index (χ4v) is 7.04. The van der Waals surface area contributed by atoms with E-state index in [0.717, 1.165) is 17.0 Å². The maximum absolute atomic E-state index is 14.7. The molecular formula is C27H30ClF2N2O9PS. The summed E-state index contributed by atoms with van der Waals surface area (Å²) < 4.78 is 51.7. The van der Waals surface area contributed by atoms with Crippen molar-refractivity contribution in [1.29, 1.82) is 0 Å². The monoisotopic (exact) mass is 662 g/mol. The lowest BCUT2D eigenvalue weighted by molar-refractivity contribution is -0.199. The Morgan fingerprint density at radius 2 is 1.88 bits per heavy atom. The molecule has 2 aromatic carbocycles. The first-order valence-electron chi connectivity index (χ1n) is 13.1. The van der Waals surface area contributed by atoms with Crippen molar-refractivity contribution in [2.75, 3.05) is 6.61 Å². The van der Waals surface area contributed by atoms with Crippen molar-refractivity contribution in [3.63, 3.8) is 0 Å². The molecule has 1 saturated heterocycles. The summed E-state index contributed by atoms with van der Waals surface area (Å²) in [6.45, 7) is -0.357. The van der Waals surface area contributed by atoms with Crippen molar-refractivity contribution in [2.45, 2.75) is 69.8 Å². The van der Waals surface area contributed by atoms with Crippen molar-refractivity contribution in [1.82, 2.24) is 9.99 Å². The summed E-state index contributed by atoms with van der Waals surface area (Å²) in [5, 5.41) is 25.5. The van der Waals surface area contributed by atoms with Gasteiger partial charge in [0.15, 0.2) is 17.6 Å². The molecule has 234 valence electrons. The zero-order valence-electron chi connectivity index (χ0n) is 23.2. The molecule has 2 aliphatic rings. The topological polar surface area (TPSA) is 144 Å². The third-order valence-electron chi connectivity index (χ3n) is 6.68. The number of alkyl halides is 2. The molecule has 0 aromatic heterocycles. The number of nitrogens with zero attached hydrogens (tertiary/aromatic N) is 1. The average molecular weight is 663 g/mol. The van der Waals surface area contributed by atoms with Crippen LogP contribution in [0.15, 0.2) is 53.7 Å². The van der Waals surface area contributed by atoms with Gasteiger partial charge < -0.3 is 28.7 Å². The maximum Gasteiger partial charge on any atom is 0.323 e. The van der Waals surface area contributed by atoms with Gasteiger partial charge in [-0.2, -0.15) is 0 Å². The van der Waals surface area contributed by atoms with Gasteiger partial charge in [0.25, 0.3) is 6.43 Å². The van der Waals surface area contributed by atoms with Crippen molar-refractivity contribution in [2.24, 2.45) is 0 Å². The molecule has 11 nitrogen and oxygen atoms in total. The summed E-state index contributed by atoms with van der Waals surface area (Å²) in [7, 11) is 0. The Balaban J connectivity index is 1.63. The van der Waals surface area contributed by atoms with Crippen LogP contribution in [0.2, 0.25) is 0 Å². The highest BCUT2D eigenvalue weighted by Gasteiger charge is 2.62. The van der Waals surface area contributed by atoms with Gasteiger partial charge >= 0.3 is 12.6 Å². The van der Waals surface area contributed by atoms with E-state index in [1.807, 2.05) is 18.2 Å². The highest BCUT2D eigenvalue weighted by atomic mass is 35.5. The predicted molar refractivity (Wildman–Crippen MR) is 155 cm³/mol.